The van der Waals surface area contributed by atoms with Crippen molar-refractivity contribution in [3.63, 3.8) is 0 Å². The summed E-state index contributed by atoms with van der Waals surface area (Å²) >= 11 is 3.29. The van der Waals surface area contributed by atoms with Gasteiger partial charge in [0.1, 0.15) is 5.82 Å². The third-order valence-corrected chi connectivity index (χ3v) is 4.46. The summed E-state index contributed by atoms with van der Waals surface area (Å²) in [4.78, 5) is 0. The molecule has 0 spiro atoms. The molecule has 20 heavy (non-hydrogen) atoms. The number of hydrogen-bond donors (Lipinski definition) is 0. The third-order valence-electron chi connectivity index (χ3n) is 2.64. The van der Waals surface area contributed by atoms with Crippen LogP contribution in [0.5, 0.6) is 0 Å². The number of halogens is 2. The second kappa shape index (κ2) is 6.33. The fraction of sp³-hybridized carbons (Fsp3) is 0.0667. The van der Waals surface area contributed by atoms with Crippen LogP contribution in [0.15, 0.2) is 58.4 Å². The van der Waals surface area contributed by atoms with Gasteiger partial charge >= 0.3 is 0 Å². The third kappa shape index (κ3) is 4.28. The average Bonchev–Trinajstić information content (AvgIpc) is 2.40. The van der Waals surface area contributed by atoms with Gasteiger partial charge in [0, 0.05) is 15.4 Å². The average molecular weight is 355 g/mol. The maximum absolute atomic E-state index is 13.4. The summed E-state index contributed by atoms with van der Waals surface area (Å²) in [5.74, 6) is -0.548. The molecule has 0 aliphatic carbocycles. The van der Waals surface area contributed by atoms with E-state index in [-0.39, 0.29) is 11.3 Å². The van der Waals surface area contributed by atoms with Crippen LogP contribution >= 0.6 is 15.9 Å². The van der Waals surface area contributed by atoms with Gasteiger partial charge in [-0.2, -0.15) is 0 Å². The van der Waals surface area contributed by atoms with Gasteiger partial charge in [0.25, 0.3) is 0 Å². The molecule has 0 aliphatic heterocycles. The van der Waals surface area contributed by atoms with Crippen LogP contribution < -0.4 is 0 Å². The lowest BCUT2D eigenvalue weighted by Crippen LogP contribution is -1.99. The predicted octanol–water partition coefficient (Wildman–Crippen LogP) is 4.17. The molecule has 0 amide bonds. The minimum absolute atomic E-state index is 0.106. The van der Waals surface area contributed by atoms with Crippen molar-refractivity contribution in [3.05, 3.63) is 75.4 Å². The molecule has 0 N–H and O–H groups in total. The number of sulfone groups is 1. The Kier molecular flexibility index (Phi) is 4.73. The zero-order valence-electron chi connectivity index (χ0n) is 10.5. The molecule has 0 unspecified atom stereocenters. The lowest BCUT2D eigenvalue weighted by Gasteiger charge is -2.01. The molecule has 0 saturated carbocycles. The maximum atomic E-state index is 13.4. The second-order valence-corrected chi connectivity index (χ2v) is 7.06. The zero-order chi connectivity index (χ0) is 14.6. The molecule has 0 atom stereocenters. The van der Waals surface area contributed by atoms with Gasteiger partial charge in [0.05, 0.1) is 5.75 Å². The van der Waals surface area contributed by atoms with Crippen molar-refractivity contribution >= 4 is 31.8 Å². The topological polar surface area (TPSA) is 34.1 Å². The Morgan fingerprint density at radius 2 is 1.70 bits per heavy atom. The van der Waals surface area contributed by atoms with E-state index < -0.39 is 15.7 Å². The van der Waals surface area contributed by atoms with Crippen LogP contribution in [-0.2, 0) is 15.6 Å². The second-order valence-electron chi connectivity index (χ2n) is 4.26. The Hall–Kier alpha value is -1.46. The van der Waals surface area contributed by atoms with Crippen LogP contribution in [0.2, 0.25) is 0 Å². The Labute approximate surface area is 126 Å². The summed E-state index contributed by atoms with van der Waals surface area (Å²) in [7, 11) is -3.42. The molecule has 2 aromatic rings. The Balaban J connectivity index is 2.15. The quantitative estimate of drug-likeness (QED) is 0.825. The van der Waals surface area contributed by atoms with Crippen molar-refractivity contribution in [1.29, 1.82) is 0 Å². The molecule has 0 saturated heterocycles. The van der Waals surface area contributed by atoms with Crippen LogP contribution in [0, 0.1) is 5.82 Å². The van der Waals surface area contributed by atoms with E-state index in [2.05, 4.69) is 15.9 Å². The van der Waals surface area contributed by atoms with Crippen molar-refractivity contribution < 1.29 is 12.8 Å². The SMILES string of the molecule is O=S(=O)(/C=C/c1ccccc1F)Cc1ccc(Br)cc1. The monoisotopic (exact) mass is 354 g/mol. The minimum Gasteiger partial charge on any atom is -0.224 e. The van der Waals surface area contributed by atoms with Gasteiger partial charge < -0.3 is 0 Å². The summed E-state index contributed by atoms with van der Waals surface area (Å²) in [6.45, 7) is 0. The Morgan fingerprint density at radius 3 is 2.35 bits per heavy atom. The summed E-state index contributed by atoms with van der Waals surface area (Å²) < 4.78 is 38.2. The van der Waals surface area contributed by atoms with Crippen molar-refractivity contribution in [2.24, 2.45) is 0 Å². The minimum atomic E-state index is -3.42. The zero-order valence-corrected chi connectivity index (χ0v) is 12.9. The molecule has 0 radical (unpaired) electrons. The molecule has 0 aromatic heterocycles. The summed E-state index contributed by atoms with van der Waals surface area (Å²) in [5, 5.41) is 1.05. The first-order chi connectivity index (χ1) is 9.46. The van der Waals surface area contributed by atoms with Crippen LogP contribution in [0.3, 0.4) is 0 Å². The highest BCUT2D eigenvalue weighted by molar-refractivity contribution is 9.10. The highest BCUT2D eigenvalue weighted by atomic mass is 79.9. The van der Waals surface area contributed by atoms with Crippen LogP contribution in [0.25, 0.3) is 6.08 Å². The van der Waals surface area contributed by atoms with E-state index in [0.717, 1.165) is 9.88 Å². The van der Waals surface area contributed by atoms with Crippen LogP contribution in [0.1, 0.15) is 11.1 Å². The van der Waals surface area contributed by atoms with E-state index in [0.29, 0.717) is 5.56 Å². The van der Waals surface area contributed by atoms with Crippen molar-refractivity contribution in [2.45, 2.75) is 5.75 Å². The summed E-state index contributed by atoms with van der Waals surface area (Å²) in [6.07, 6.45) is 1.28. The molecule has 0 fully saturated rings. The molecular weight excluding hydrogens is 343 g/mol. The summed E-state index contributed by atoms with van der Waals surface area (Å²) in [6, 6.07) is 13.1. The van der Waals surface area contributed by atoms with Crippen LogP contribution in [-0.4, -0.2) is 8.42 Å². The van der Waals surface area contributed by atoms with E-state index >= 15 is 0 Å². The molecule has 2 nitrogen and oxygen atoms in total. The molecule has 0 aliphatic rings. The Morgan fingerprint density at radius 1 is 1.05 bits per heavy atom. The van der Waals surface area contributed by atoms with Crippen LogP contribution in [0.4, 0.5) is 4.39 Å². The summed E-state index contributed by atoms with van der Waals surface area (Å²) in [5.41, 5.74) is 0.943. The number of benzene rings is 2. The van der Waals surface area contributed by atoms with Crippen molar-refractivity contribution in [1.82, 2.24) is 0 Å². The molecule has 0 heterocycles. The highest BCUT2D eigenvalue weighted by Gasteiger charge is 2.08. The van der Waals surface area contributed by atoms with Gasteiger partial charge in [-0.1, -0.05) is 46.3 Å². The van der Waals surface area contributed by atoms with Gasteiger partial charge in [-0.05, 0) is 29.8 Å². The molecular formula is C15H12BrFO2S. The van der Waals surface area contributed by atoms with Gasteiger partial charge in [0.2, 0.25) is 0 Å². The number of hydrogen-bond acceptors (Lipinski definition) is 2. The van der Waals surface area contributed by atoms with Gasteiger partial charge in [0.15, 0.2) is 9.84 Å². The Bertz CT molecular complexity index is 722. The van der Waals surface area contributed by atoms with E-state index in [9.17, 15) is 12.8 Å². The normalized spacial score (nSPS) is 11.9. The van der Waals surface area contributed by atoms with Gasteiger partial charge in [-0.25, -0.2) is 12.8 Å². The molecule has 2 aromatic carbocycles. The smallest absolute Gasteiger partial charge is 0.175 e. The van der Waals surface area contributed by atoms with Crippen molar-refractivity contribution in [3.8, 4) is 0 Å². The van der Waals surface area contributed by atoms with Crippen molar-refractivity contribution in [2.75, 3.05) is 0 Å². The standard InChI is InChI=1S/C15H12BrFO2S/c16-14-7-5-12(6-8-14)11-20(18,19)10-9-13-3-1-2-4-15(13)17/h1-10H,11H2/b10-9+. The molecule has 104 valence electrons. The first kappa shape index (κ1) is 14.9. The highest BCUT2D eigenvalue weighted by Crippen LogP contribution is 2.15. The lowest BCUT2D eigenvalue weighted by atomic mass is 10.2. The molecule has 5 heteroatoms. The predicted molar refractivity (Wildman–Crippen MR) is 82.2 cm³/mol. The van der Waals surface area contributed by atoms with E-state index in [1.807, 2.05) is 0 Å². The van der Waals surface area contributed by atoms with E-state index in [1.165, 1.54) is 18.2 Å². The lowest BCUT2D eigenvalue weighted by molar-refractivity contribution is 0.604. The first-order valence-corrected chi connectivity index (χ1v) is 8.37. The van der Waals surface area contributed by atoms with Gasteiger partial charge in [-0.15, -0.1) is 0 Å². The molecule has 0 bridgehead atoms. The van der Waals surface area contributed by atoms with E-state index in [1.54, 1.807) is 36.4 Å². The maximum Gasteiger partial charge on any atom is 0.175 e. The van der Waals surface area contributed by atoms with E-state index in [4.69, 9.17) is 0 Å². The first-order valence-electron chi connectivity index (χ1n) is 5.86. The largest absolute Gasteiger partial charge is 0.224 e. The molecule has 2 rings (SSSR count). The fourth-order valence-corrected chi connectivity index (χ4v) is 3.02. The van der Waals surface area contributed by atoms with Gasteiger partial charge in [-0.3, -0.25) is 0 Å². The number of rotatable bonds is 4. The fourth-order valence-electron chi connectivity index (χ4n) is 1.65.